The molecule has 0 spiro atoms. The first-order chi connectivity index (χ1) is 10.9. The fraction of sp³-hybridized carbons (Fsp3) is 0.316. The molecule has 0 heterocycles. The summed E-state index contributed by atoms with van der Waals surface area (Å²) in [6.45, 7) is 8.55. The van der Waals surface area contributed by atoms with Gasteiger partial charge in [-0.3, -0.25) is 4.79 Å². The van der Waals surface area contributed by atoms with Crippen molar-refractivity contribution in [1.82, 2.24) is 0 Å². The first-order valence-electron chi connectivity index (χ1n) is 7.83. The van der Waals surface area contributed by atoms with Crippen LogP contribution >= 0.6 is 11.6 Å². The molecule has 0 fully saturated rings. The highest BCUT2D eigenvalue weighted by atomic mass is 35.5. The normalized spacial score (nSPS) is 12.0. The van der Waals surface area contributed by atoms with E-state index < -0.39 is 0 Å². The van der Waals surface area contributed by atoms with Crippen LogP contribution in [0.2, 0.25) is 5.02 Å². The number of hydrogen-bond donors (Lipinski definition) is 2. The predicted octanol–water partition coefficient (Wildman–Crippen LogP) is 3.53. The summed E-state index contributed by atoms with van der Waals surface area (Å²) in [5.41, 5.74) is 5.44. The van der Waals surface area contributed by atoms with E-state index in [1.807, 2.05) is 43.4 Å². The van der Waals surface area contributed by atoms with Gasteiger partial charge in [-0.15, -0.1) is 0 Å². The second-order valence-corrected chi connectivity index (χ2v) is 6.54. The van der Waals surface area contributed by atoms with Crippen molar-refractivity contribution in [1.29, 1.82) is 0 Å². The molecule has 2 aromatic carbocycles. The summed E-state index contributed by atoms with van der Waals surface area (Å²) >= 11 is 6.01. The summed E-state index contributed by atoms with van der Waals surface area (Å²) in [6, 6.07) is 12.1. The first kappa shape index (κ1) is 17.5. The van der Waals surface area contributed by atoms with Crippen LogP contribution in [0.3, 0.4) is 0 Å². The molecule has 0 radical (unpaired) electrons. The largest absolute Gasteiger partial charge is 0.333 e. The molecule has 0 saturated carbocycles. The van der Waals surface area contributed by atoms with Crippen molar-refractivity contribution < 1.29 is 10.1 Å². The molecular weight excluding hydrogens is 308 g/mol. The smallest absolute Gasteiger partial charge is 0.279 e. The van der Waals surface area contributed by atoms with E-state index in [0.717, 1.165) is 27.4 Å². The predicted molar refractivity (Wildman–Crippen MR) is 95.9 cm³/mol. The highest BCUT2D eigenvalue weighted by Crippen LogP contribution is 2.21. The summed E-state index contributed by atoms with van der Waals surface area (Å²) in [7, 11) is 0. The molecule has 0 aliphatic carbocycles. The quantitative estimate of drug-likeness (QED) is 0.865. The van der Waals surface area contributed by atoms with E-state index in [2.05, 4.69) is 31.3 Å². The Morgan fingerprint density at radius 1 is 1.17 bits per heavy atom. The Morgan fingerprint density at radius 2 is 1.83 bits per heavy atom. The van der Waals surface area contributed by atoms with Crippen molar-refractivity contribution in [2.75, 3.05) is 11.9 Å². The van der Waals surface area contributed by atoms with E-state index in [0.29, 0.717) is 6.54 Å². The van der Waals surface area contributed by atoms with Crippen LogP contribution in [0.1, 0.15) is 35.2 Å². The Balaban J connectivity index is 1.95. The molecule has 0 aliphatic heterocycles. The summed E-state index contributed by atoms with van der Waals surface area (Å²) in [5.74, 6) is 0.00827. The highest BCUT2D eigenvalue weighted by Gasteiger charge is 2.13. The molecule has 1 atom stereocenters. The molecule has 122 valence electrons. The Hall–Kier alpha value is -1.84. The van der Waals surface area contributed by atoms with Crippen LogP contribution in [0.25, 0.3) is 0 Å². The average Bonchev–Trinajstić information content (AvgIpc) is 2.48. The van der Waals surface area contributed by atoms with Gasteiger partial charge in [0.2, 0.25) is 0 Å². The third-order valence-electron chi connectivity index (χ3n) is 3.97. The monoisotopic (exact) mass is 331 g/mol. The number of carbonyl (C=O) groups excluding carboxylic acids is 1. The van der Waals surface area contributed by atoms with Crippen LogP contribution in [0.4, 0.5) is 5.69 Å². The second-order valence-electron chi connectivity index (χ2n) is 6.11. The number of rotatable bonds is 5. The fourth-order valence-corrected chi connectivity index (χ4v) is 2.98. The summed E-state index contributed by atoms with van der Waals surface area (Å²) in [5, 5.41) is 5.76. The van der Waals surface area contributed by atoms with Crippen LogP contribution in [0.15, 0.2) is 36.4 Å². The Labute approximate surface area is 143 Å². The number of amides is 1. The van der Waals surface area contributed by atoms with E-state index in [4.69, 9.17) is 11.6 Å². The molecule has 3 nitrogen and oxygen atoms in total. The number of carbonyl (C=O) groups is 1. The summed E-state index contributed by atoms with van der Waals surface area (Å²) in [4.78, 5) is 12.2. The number of hydrogen-bond acceptors (Lipinski definition) is 1. The molecule has 4 heteroatoms. The number of aryl methyl sites for hydroxylation is 3. The Morgan fingerprint density at radius 3 is 2.43 bits per heavy atom. The van der Waals surface area contributed by atoms with Gasteiger partial charge in [-0.25, -0.2) is 0 Å². The maximum Gasteiger partial charge on any atom is 0.279 e. The van der Waals surface area contributed by atoms with Gasteiger partial charge in [-0.2, -0.15) is 0 Å². The van der Waals surface area contributed by atoms with Gasteiger partial charge in [0, 0.05) is 16.3 Å². The van der Waals surface area contributed by atoms with Crippen molar-refractivity contribution in [3.8, 4) is 0 Å². The van der Waals surface area contributed by atoms with Gasteiger partial charge in [0.05, 0.1) is 0 Å². The molecule has 0 saturated heterocycles. The minimum atomic E-state index is 0.00827. The Kier molecular flexibility index (Phi) is 5.80. The molecule has 1 amide bonds. The minimum Gasteiger partial charge on any atom is -0.333 e. The number of quaternary nitrogens is 1. The summed E-state index contributed by atoms with van der Waals surface area (Å²) in [6.07, 6.45) is 0. The van der Waals surface area contributed by atoms with Gasteiger partial charge < -0.3 is 10.6 Å². The molecular formula is C19H24ClN2O+. The van der Waals surface area contributed by atoms with E-state index in [-0.39, 0.29) is 11.9 Å². The topological polar surface area (TPSA) is 45.7 Å². The standard InChI is InChI=1S/C19H23ClN2O/c1-12-8-13(2)19(14(3)9-12)22-18(23)11-21-15(4)16-6-5-7-17(20)10-16/h5-10,15,21H,11H2,1-4H3,(H,22,23)/p+1/t15-/m1/s1. The highest BCUT2D eigenvalue weighted by molar-refractivity contribution is 6.30. The van der Waals surface area contributed by atoms with Crippen LogP contribution in [0, 0.1) is 20.8 Å². The number of benzene rings is 2. The molecule has 0 bridgehead atoms. The zero-order valence-corrected chi connectivity index (χ0v) is 14.9. The SMILES string of the molecule is Cc1cc(C)c(NC(=O)C[NH2+][C@H](C)c2cccc(Cl)c2)c(C)c1. The minimum absolute atomic E-state index is 0.00827. The number of halogens is 1. The van der Waals surface area contributed by atoms with Gasteiger partial charge in [0.25, 0.3) is 5.91 Å². The van der Waals surface area contributed by atoms with E-state index >= 15 is 0 Å². The fourth-order valence-electron chi connectivity index (χ4n) is 2.78. The average molecular weight is 332 g/mol. The van der Waals surface area contributed by atoms with Crippen LogP contribution in [-0.2, 0) is 4.79 Å². The van der Waals surface area contributed by atoms with Crippen molar-refractivity contribution in [2.45, 2.75) is 33.7 Å². The molecule has 23 heavy (non-hydrogen) atoms. The lowest BCUT2D eigenvalue weighted by Crippen LogP contribution is -2.86. The Bertz CT molecular complexity index is 689. The molecule has 2 aromatic rings. The van der Waals surface area contributed by atoms with E-state index in [1.165, 1.54) is 5.56 Å². The van der Waals surface area contributed by atoms with Gasteiger partial charge in [0.15, 0.2) is 6.54 Å². The lowest BCUT2D eigenvalue weighted by molar-refractivity contribution is -0.682. The maximum atomic E-state index is 12.2. The molecule has 3 N–H and O–H groups in total. The third kappa shape index (κ3) is 4.81. The zero-order chi connectivity index (χ0) is 17.0. The van der Waals surface area contributed by atoms with Crippen LogP contribution in [0.5, 0.6) is 0 Å². The van der Waals surface area contributed by atoms with Gasteiger partial charge in [0.1, 0.15) is 6.04 Å². The van der Waals surface area contributed by atoms with Crippen molar-refractivity contribution in [3.63, 3.8) is 0 Å². The lowest BCUT2D eigenvalue weighted by Gasteiger charge is -2.14. The van der Waals surface area contributed by atoms with E-state index in [9.17, 15) is 4.79 Å². The first-order valence-corrected chi connectivity index (χ1v) is 8.21. The maximum absolute atomic E-state index is 12.2. The molecule has 0 unspecified atom stereocenters. The number of anilines is 1. The molecule has 2 rings (SSSR count). The van der Waals surface area contributed by atoms with Gasteiger partial charge >= 0.3 is 0 Å². The van der Waals surface area contributed by atoms with Crippen molar-refractivity contribution in [3.05, 3.63) is 63.7 Å². The zero-order valence-electron chi connectivity index (χ0n) is 14.1. The molecule has 0 aliphatic rings. The lowest BCUT2D eigenvalue weighted by atomic mass is 10.1. The second kappa shape index (κ2) is 7.62. The molecule has 0 aromatic heterocycles. The number of nitrogens with one attached hydrogen (secondary N) is 1. The van der Waals surface area contributed by atoms with Gasteiger partial charge in [-0.1, -0.05) is 41.4 Å². The number of nitrogens with two attached hydrogens (primary N) is 1. The van der Waals surface area contributed by atoms with Crippen molar-refractivity contribution >= 4 is 23.2 Å². The van der Waals surface area contributed by atoms with Crippen LogP contribution in [-0.4, -0.2) is 12.5 Å². The van der Waals surface area contributed by atoms with Crippen LogP contribution < -0.4 is 10.6 Å². The van der Waals surface area contributed by atoms with Crippen molar-refractivity contribution in [2.24, 2.45) is 0 Å². The summed E-state index contributed by atoms with van der Waals surface area (Å²) < 4.78 is 0. The third-order valence-corrected chi connectivity index (χ3v) is 4.21. The van der Waals surface area contributed by atoms with Gasteiger partial charge in [-0.05, 0) is 51.0 Å². The van der Waals surface area contributed by atoms with E-state index in [1.54, 1.807) is 0 Å².